The minimum Gasteiger partial charge on any atom is -0.401 e. The molecule has 0 spiro atoms. The first-order chi connectivity index (χ1) is 9.38. The molecule has 1 aromatic rings. The molecule has 1 aliphatic heterocycles. The van der Waals surface area contributed by atoms with Crippen LogP contribution in [0.5, 0.6) is 0 Å². The maximum absolute atomic E-state index is 11.7. The summed E-state index contributed by atoms with van der Waals surface area (Å²) in [4.78, 5) is 37.9. The number of aliphatic imine (C=N–C) groups is 1. The summed E-state index contributed by atoms with van der Waals surface area (Å²) in [6, 6.07) is 2.58. The number of furan rings is 1. The van der Waals surface area contributed by atoms with Gasteiger partial charge in [0, 0.05) is 20.0 Å². The molecule has 0 bridgehead atoms. The number of thioether (sulfide) groups is 1. The van der Waals surface area contributed by atoms with Crippen LogP contribution in [0.15, 0.2) is 26.4 Å². The predicted octanol–water partition coefficient (Wildman–Crippen LogP) is 1.64. The summed E-state index contributed by atoms with van der Waals surface area (Å²) in [5.74, 6) is -1.00. The van der Waals surface area contributed by atoms with Crippen molar-refractivity contribution in [2.45, 2.75) is 6.92 Å². The fourth-order valence-electron chi connectivity index (χ4n) is 1.32. The monoisotopic (exact) mass is 295 g/mol. The summed E-state index contributed by atoms with van der Waals surface area (Å²) in [6.45, 7) is 1.35. The first-order valence-corrected chi connectivity index (χ1v) is 6.21. The van der Waals surface area contributed by atoms with Crippen molar-refractivity contribution in [2.75, 3.05) is 7.05 Å². The topological polar surface area (TPSA) is 106 Å². The Morgan fingerprint density at radius 2 is 2.25 bits per heavy atom. The molecule has 1 aromatic heterocycles. The highest BCUT2D eigenvalue weighted by molar-refractivity contribution is 8.18. The third-order valence-electron chi connectivity index (χ3n) is 2.43. The van der Waals surface area contributed by atoms with Crippen molar-refractivity contribution in [1.82, 2.24) is 4.90 Å². The Labute approximate surface area is 117 Å². The van der Waals surface area contributed by atoms with Crippen LogP contribution in [0, 0.1) is 10.1 Å². The maximum atomic E-state index is 11.7. The zero-order valence-corrected chi connectivity index (χ0v) is 11.3. The number of carbonyl (C=O) groups excluding carboxylic acids is 2. The van der Waals surface area contributed by atoms with Gasteiger partial charge < -0.3 is 4.42 Å². The molecule has 1 aliphatic rings. The molecule has 0 N–H and O–H groups in total. The maximum Gasteiger partial charge on any atom is 0.433 e. The van der Waals surface area contributed by atoms with E-state index in [4.69, 9.17) is 4.42 Å². The van der Waals surface area contributed by atoms with E-state index in [9.17, 15) is 19.7 Å². The number of carbonyl (C=O) groups is 2. The smallest absolute Gasteiger partial charge is 0.401 e. The Balaban J connectivity index is 2.19. The van der Waals surface area contributed by atoms with Crippen molar-refractivity contribution in [3.63, 3.8) is 0 Å². The molecular formula is C11H9N3O5S. The van der Waals surface area contributed by atoms with Crippen molar-refractivity contribution in [2.24, 2.45) is 4.99 Å². The normalized spacial score (nSPS) is 16.4. The third kappa shape index (κ3) is 2.77. The number of hydrogen-bond acceptors (Lipinski definition) is 6. The molecule has 20 heavy (non-hydrogen) atoms. The van der Waals surface area contributed by atoms with E-state index in [1.54, 1.807) is 0 Å². The van der Waals surface area contributed by atoms with E-state index < -0.39 is 16.7 Å². The summed E-state index contributed by atoms with van der Waals surface area (Å²) < 4.78 is 4.93. The van der Waals surface area contributed by atoms with Gasteiger partial charge in [-0.15, -0.1) is 0 Å². The van der Waals surface area contributed by atoms with Crippen LogP contribution in [-0.4, -0.2) is 33.9 Å². The van der Waals surface area contributed by atoms with Gasteiger partial charge in [-0.1, -0.05) is 0 Å². The van der Waals surface area contributed by atoms with Crippen LogP contribution in [0.3, 0.4) is 0 Å². The van der Waals surface area contributed by atoms with Crippen molar-refractivity contribution in [1.29, 1.82) is 0 Å². The molecule has 9 heteroatoms. The van der Waals surface area contributed by atoms with E-state index in [2.05, 4.69) is 4.99 Å². The second kappa shape index (κ2) is 5.29. The molecule has 104 valence electrons. The van der Waals surface area contributed by atoms with Crippen molar-refractivity contribution in [3.8, 4) is 0 Å². The molecule has 0 radical (unpaired) electrons. The minimum absolute atomic E-state index is 0.175. The highest BCUT2D eigenvalue weighted by Crippen LogP contribution is 2.30. The first kappa shape index (κ1) is 14.0. The van der Waals surface area contributed by atoms with Crippen LogP contribution in [0.2, 0.25) is 0 Å². The second-order valence-corrected chi connectivity index (χ2v) is 4.83. The fourth-order valence-corrected chi connectivity index (χ4v) is 2.22. The van der Waals surface area contributed by atoms with Gasteiger partial charge in [0.05, 0.1) is 11.0 Å². The number of amidine groups is 1. The molecule has 0 unspecified atom stereocenters. The SMILES string of the molecule is CC(=O)N(C)C1=NC(=O)C(=Cc2ccc([N+](=O)[O-])o2)S1. The summed E-state index contributed by atoms with van der Waals surface area (Å²) in [5, 5.41) is 10.7. The van der Waals surface area contributed by atoms with E-state index in [-0.39, 0.29) is 21.7 Å². The van der Waals surface area contributed by atoms with E-state index in [1.807, 2.05) is 0 Å². The molecule has 0 atom stereocenters. The highest BCUT2D eigenvalue weighted by Gasteiger charge is 2.26. The number of amides is 2. The largest absolute Gasteiger partial charge is 0.433 e. The predicted molar refractivity (Wildman–Crippen MR) is 71.8 cm³/mol. The molecule has 2 amide bonds. The quantitative estimate of drug-likeness (QED) is 0.466. The van der Waals surface area contributed by atoms with E-state index >= 15 is 0 Å². The van der Waals surface area contributed by atoms with Gasteiger partial charge in [0.25, 0.3) is 5.91 Å². The van der Waals surface area contributed by atoms with Gasteiger partial charge in [0.1, 0.15) is 10.7 Å². The second-order valence-electron chi connectivity index (χ2n) is 3.82. The van der Waals surface area contributed by atoms with Crippen LogP contribution >= 0.6 is 11.8 Å². The lowest BCUT2D eigenvalue weighted by Crippen LogP contribution is -2.27. The van der Waals surface area contributed by atoms with Crippen LogP contribution in [-0.2, 0) is 9.59 Å². The van der Waals surface area contributed by atoms with Gasteiger partial charge in [0.2, 0.25) is 5.91 Å². The fraction of sp³-hybridized carbons (Fsp3) is 0.182. The molecule has 0 aliphatic carbocycles. The van der Waals surface area contributed by atoms with E-state index in [1.165, 1.54) is 37.1 Å². The molecule has 0 saturated heterocycles. The number of nitro groups is 1. The number of nitrogens with zero attached hydrogens (tertiary/aromatic N) is 3. The lowest BCUT2D eigenvalue weighted by Gasteiger charge is -2.11. The van der Waals surface area contributed by atoms with Crippen LogP contribution in [0.4, 0.5) is 5.88 Å². The van der Waals surface area contributed by atoms with Gasteiger partial charge in [-0.05, 0) is 17.8 Å². The van der Waals surface area contributed by atoms with Crippen molar-refractivity contribution >= 4 is 40.7 Å². The number of rotatable bonds is 2. The molecule has 2 rings (SSSR count). The van der Waals surface area contributed by atoms with Crippen molar-refractivity contribution in [3.05, 3.63) is 32.9 Å². The minimum atomic E-state index is -0.670. The standard InChI is InChI=1S/C11H9N3O5S/c1-6(15)13(2)11-12-10(16)8(20-11)5-7-3-4-9(19-7)14(17)18/h3-5H,1-2H3. The molecule has 2 heterocycles. The summed E-state index contributed by atoms with van der Waals surface area (Å²) in [7, 11) is 1.50. The van der Waals surface area contributed by atoms with Gasteiger partial charge >= 0.3 is 5.88 Å². The molecule has 8 nitrogen and oxygen atoms in total. The van der Waals surface area contributed by atoms with Crippen molar-refractivity contribution < 1.29 is 18.9 Å². The Bertz CT molecular complexity index is 661. The van der Waals surface area contributed by atoms with Gasteiger partial charge in [0.15, 0.2) is 5.17 Å². The number of hydrogen-bond donors (Lipinski definition) is 0. The Hall–Kier alpha value is -2.42. The van der Waals surface area contributed by atoms with Crippen LogP contribution < -0.4 is 0 Å². The zero-order chi connectivity index (χ0) is 14.9. The summed E-state index contributed by atoms with van der Waals surface area (Å²) >= 11 is 1.00. The lowest BCUT2D eigenvalue weighted by atomic mass is 10.4. The lowest BCUT2D eigenvalue weighted by molar-refractivity contribution is -0.402. The Morgan fingerprint density at radius 3 is 2.80 bits per heavy atom. The Morgan fingerprint density at radius 1 is 1.55 bits per heavy atom. The average Bonchev–Trinajstić information content (AvgIpc) is 2.97. The molecule has 0 fully saturated rings. The van der Waals surface area contributed by atoms with Gasteiger partial charge in [-0.25, -0.2) is 0 Å². The van der Waals surface area contributed by atoms with Crippen LogP contribution in [0.25, 0.3) is 6.08 Å². The van der Waals surface area contributed by atoms with Crippen LogP contribution in [0.1, 0.15) is 12.7 Å². The average molecular weight is 295 g/mol. The van der Waals surface area contributed by atoms with Gasteiger partial charge in [-0.3, -0.25) is 24.6 Å². The first-order valence-electron chi connectivity index (χ1n) is 5.39. The molecular weight excluding hydrogens is 286 g/mol. The summed E-state index contributed by atoms with van der Waals surface area (Å²) in [6.07, 6.45) is 1.35. The Kier molecular flexibility index (Phi) is 3.70. The van der Waals surface area contributed by atoms with Gasteiger partial charge in [-0.2, -0.15) is 4.99 Å². The summed E-state index contributed by atoms with van der Waals surface area (Å²) in [5.41, 5.74) is 0. The van der Waals surface area contributed by atoms with E-state index in [0.29, 0.717) is 0 Å². The highest BCUT2D eigenvalue weighted by atomic mass is 32.2. The zero-order valence-electron chi connectivity index (χ0n) is 10.5. The molecule has 0 saturated carbocycles. The van der Waals surface area contributed by atoms with E-state index in [0.717, 1.165) is 11.8 Å². The third-order valence-corrected chi connectivity index (χ3v) is 3.49. The molecule has 0 aromatic carbocycles.